The number of ether oxygens (including phenoxy) is 1. The van der Waals surface area contributed by atoms with Crippen molar-refractivity contribution in [1.82, 2.24) is 14.9 Å². The van der Waals surface area contributed by atoms with Crippen LogP contribution in [0.1, 0.15) is 44.1 Å². The van der Waals surface area contributed by atoms with Gasteiger partial charge in [0.2, 0.25) is 0 Å². The normalized spacial score (nSPS) is 28.9. The molecule has 0 saturated carbocycles. The molecule has 20 heavy (non-hydrogen) atoms. The fourth-order valence-electron chi connectivity index (χ4n) is 3.64. The Balaban J connectivity index is 1.91. The van der Waals surface area contributed by atoms with Gasteiger partial charge in [-0.2, -0.15) is 0 Å². The number of nitrogens with zero attached hydrogens (tertiary/aromatic N) is 3. The minimum atomic E-state index is -0.0812. The SMILES string of the molecule is Cc1cc(N)nc([C@@]2(C)CCCN2C2CCOCC2)n1. The summed E-state index contributed by atoms with van der Waals surface area (Å²) in [6, 6.07) is 2.42. The molecule has 1 aromatic rings. The fourth-order valence-corrected chi connectivity index (χ4v) is 3.64. The zero-order valence-electron chi connectivity index (χ0n) is 12.4. The molecule has 0 radical (unpaired) electrons. The van der Waals surface area contributed by atoms with E-state index in [1.54, 1.807) is 0 Å². The van der Waals surface area contributed by atoms with E-state index in [9.17, 15) is 0 Å². The van der Waals surface area contributed by atoms with Crippen molar-refractivity contribution < 1.29 is 4.74 Å². The van der Waals surface area contributed by atoms with Crippen LogP contribution in [0.4, 0.5) is 5.82 Å². The van der Waals surface area contributed by atoms with Gasteiger partial charge in [0.05, 0.1) is 5.54 Å². The number of aromatic nitrogens is 2. The molecule has 110 valence electrons. The molecular formula is C15H24N4O. The van der Waals surface area contributed by atoms with E-state index in [1.165, 1.54) is 6.42 Å². The average Bonchev–Trinajstić information content (AvgIpc) is 2.82. The van der Waals surface area contributed by atoms with E-state index in [0.29, 0.717) is 11.9 Å². The van der Waals surface area contributed by atoms with Crippen molar-refractivity contribution in [2.24, 2.45) is 0 Å². The molecule has 0 amide bonds. The highest BCUT2D eigenvalue weighted by Crippen LogP contribution is 2.40. The van der Waals surface area contributed by atoms with Crippen molar-refractivity contribution in [1.29, 1.82) is 0 Å². The Morgan fingerprint density at radius 3 is 2.80 bits per heavy atom. The lowest BCUT2D eigenvalue weighted by Crippen LogP contribution is -2.48. The number of anilines is 1. The van der Waals surface area contributed by atoms with E-state index < -0.39 is 0 Å². The van der Waals surface area contributed by atoms with Gasteiger partial charge in [-0.05, 0) is 46.1 Å². The van der Waals surface area contributed by atoms with Crippen LogP contribution in [0.2, 0.25) is 0 Å². The number of aryl methyl sites for hydroxylation is 1. The van der Waals surface area contributed by atoms with Crippen molar-refractivity contribution in [3.05, 3.63) is 17.6 Å². The topological polar surface area (TPSA) is 64.3 Å². The predicted molar refractivity (Wildman–Crippen MR) is 78.3 cm³/mol. The molecule has 5 heteroatoms. The zero-order chi connectivity index (χ0) is 14.2. The first-order valence-electron chi connectivity index (χ1n) is 7.56. The van der Waals surface area contributed by atoms with Crippen LogP contribution < -0.4 is 5.73 Å². The highest BCUT2D eigenvalue weighted by molar-refractivity contribution is 5.31. The highest BCUT2D eigenvalue weighted by Gasteiger charge is 2.44. The van der Waals surface area contributed by atoms with Crippen LogP contribution in [-0.4, -0.2) is 40.7 Å². The summed E-state index contributed by atoms with van der Waals surface area (Å²) in [6.07, 6.45) is 4.52. The minimum Gasteiger partial charge on any atom is -0.384 e. The van der Waals surface area contributed by atoms with Gasteiger partial charge in [0.1, 0.15) is 5.82 Å². The molecule has 1 aromatic heterocycles. The Hall–Kier alpha value is -1.20. The molecular weight excluding hydrogens is 252 g/mol. The lowest BCUT2D eigenvalue weighted by Gasteiger charge is -2.41. The van der Waals surface area contributed by atoms with Crippen molar-refractivity contribution in [3.63, 3.8) is 0 Å². The highest BCUT2D eigenvalue weighted by atomic mass is 16.5. The minimum absolute atomic E-state index is 0.0812. The van der Waals surface area contributed by atoms with Crippen LogP contribution in [0.3, 0.4) is 0 Å². The molecule has 2 aliphatic heterocycles. The summed E-state index contributed by atoms with van der Waals surface area (Å²) >= 11 is 0. The third kappa shape index (κ3) is 2.40. The second-order valence-electron chi connectivity index (χ2n) is 6.17. The molecule has 3 heterocycles. The van der Waals surface area contributed by atoms with E-state index in [2.05, 4.69) is 21.8 Å². The Morgan fingerprint density at radius 2 is 2.10 bits per heavy atom. The van der Waals surface area contributed by atoms with Crippen molar-refractivity contribution in [3.8, 4) is 0 Å². The maximum Gasteiger partial charge on any atom is 0.150 e. The molecule has 2 saturated heterocycles. The van der Waals surface area contributed by atoms with Crippen LogP contribution in [0.15, 0.2) is 6.07 Å². The summed E-state index contributed by atoms with van der Waals surface area (Å²) in [6.45, 7) is 7.11. The Kier molecular flexibility index (Phi) is 3.65. The van der Waals surface area contributed by atoms with E-state index in [0.717, 1.165) is 50.5 Å². The first-order valence-corrected chi connectivity index (χ1v) is 7.56. The molecule has 0 aliphatic carbocycles. The van der Waals surface area contributed by atoms with Gasteiger partial charge in [-0.15, -0.1) is 0 Å². The van der Waals surface area contributed by atoms with Gasteiger partial charge in [0.15, 0.2) is 5.82 Å². The lowest BCUT2D eigenvalue weighted by molar-refractivity contribution is 0.00201. The van der Waals surface area contributed by atoms with Gasteiger partial charge in [-0.1, -0.05) is 0 Å². The molecule has 5 nitrogen and oxygen atoms in total. The van der Waals surface area contributed by atoms with Crippen molar-refractivity contribution in [2.45, 2.75) is 51.1 Å². The maximum absolute atomic E-state index is 5.92. The summed E-state index contributed by atoms with van der Waals surface area (Å²) in [5.74, 6) is 1.46. The van der Waals surface area contributed by atoms with Crippen molar-refractivity contribution >= 4 is 5.82 Å². The Labute approximate surface area is 120 Å². The smallest absolute Gasteiger partial charge is 0.150 e. The van der Waals surface area contributed by atoms with Crippen molar-refractivity contribution in [2.75, 3.05) is 25.5 Å². The second kappa shape index (κ2) is 5.30. The van der Waals surface area contributed by atoms with Crippen LogP contribution in [0.5, 0.6) is 0 Å². The van der Waals surface area contributed by atoms with E-state index in [1.807, 2.05) is 13.0 Å². The maximum atomic E-state index is 5.92. The summed E-state index contributed by atoms with van der Waals surface area (Å²) in [5.41, 5.74) is 6.79. The molecule has 0 aromatic carbocycles. The largest absolute Gasteiger partial charge is 0.384 e. The number of rotatable bonds is 2. The summed E-state index contributed by atoms with van der Waals surface area (Å²) < 4.78 is 5.49. The molecule has 0 unspecified atom stereocenters. The first-order chi connectivity index (χ1) is 9.59. The first kappa shape index (κ1) is 13.8. The third-order valence-electron chi connectivity index (χ3n) is 4.68. The molecule has 0 bridgehead atoms. The van der Waals surface area contributed by atoms with Gasteiger partial charge in [-0.3, -0.25) is 4.90 Å². The average molecular weight is 276 g/mol. The fraction of sp³-hybridized carbons (Fsp3) is 0.733. The van der Waals surface area contributed by atoms with E-state index in [4.69, 9.17) is 10.5 Å². The van der Waals surface area contributed by atoms with Gasteiger partial charge >= 0.3 is 0 Å². The van der Waals surface area contributed by atoms with E-state index in [-0.39, 0.29) is 5.54 Å². The number of nitrogens with two attached hydrogens (primary N) is 1. The molecule has 1 atom stereocenters. The lowest BCUT2D eigenvalue weighted by atomic mass is 9.94. The van der Waals surface area contributed by atoms with Crippen LogP contribution in [-0.2, 0) is 10.3 Å². The monoisotopic (exact) mass is 276 g/mol. The predicted octanol–water partition coefficient (Wildman–Crippen LogP) is 1.86. The van der Waals surface area contributed by atoms with Gasteiger partial charge in [0.25, 0.3) is 0 Å². The number of nitrogen functional groups attached to an aromatic ring is 1. The molecule has 0 spiro atoms. The van der Waals surface area contributed by atoms with Crippen LogP contribution in [0, 0.1) is 6.92 Å². The Morgan fingerprint density at radius 1 is 1.35 bits per heavy atom. The summed E-state index contributed by atoms with van der Waals surface area (Å²) in [4.78, 5) is 11.8. The van der Waals surface area contributed by atoms with E-state index >= 15 is 0 Å². The molecule has 2 N–H and O–H groups in total. The van der Waals surface area contributed by atoms with Gasteiger partial charge < -0.3 is 10.5 Å². The molecule has 2 fully saturated rings. The summed E-state index contributed by atoms with van der Waals surface area (Å²) in [5, 5.41) is 0. The third-order valence-corrected chi connectivity index (χ3v) is 4.68. The number of hydrogen-bond acceptors (Lipinski definition) is 5. The number of hydrogen-bond donors (Lipinski definition) is 1. The van der Waals surface area contributed by atoms with Crippen LogP contribution >= 0.6 is 0 Å². The standard InChI is InChI=1S/C15H24N4O/c1-11-10-13(16)18-14(17-11)15(2)6-3-7-19(15)12-4-8-20-9-5-12/h10,12H,3-9H2,1-2H3,(H2,16,17,18)/t15-/m1/s1. The van der Waals surface area contributed by atoms with Crippen LogP contribution in [0.25, 0.3) is 0 Å². The quantitative estimate of drug-likeness (QED) is 0.893. The Bertz CT molecular complexity index is 467. The zero-order valence-corrected chi connectivity index (χ0v) is 12.4. The van der Waals surface area contributed by atoms with Gasteiger partial charge in [0, 0.05) is 31.0 Å². The van der Waals surface area contributed by atoms with Gasteiger partial charge in [-0.25, -0.2) is 9.97 Å². The summed E-state index contributed by atoms with van der Waals surface area (Å²) in [7, 11) is 0. The number of likely N-dealkylation sites (tertiary alicyclic amines) is 1. The molecule has 2 aliphatic rings. The molecule has 3 rings (SSSR count). The second-order valence-corrected chi connectivity index (χ2v) is 6.17.